The Labute approximate surface area is 91.5 Å². The predicted molar refractivity (Wildman–Crippen MR) is 57.0 cm³/mol. The van der Waals surface area contributed by atoms with E-state index in [1.807, 2.05) is 12.2 Å². The Morgan fingerprint density at radius 2 is 2.00 bits per heavy atom. The number of nitrogens with zero attached hydrogens (tertiary/aromatic N) is 1. The summed E-state index contributed by atoms with van der Waals surface area (Å²) in [6.45, 7) is 0.602. The van der Waals surface area contributed by atoms with Gasteiger partial charge in [-0.25, -0.2) is 13.2 Å². The molecule has 1 aromatic rings. The van der Waals surface area contributed by atoms with Gasteiger partial charge in [-0.15, -0.1) is 0 Å². The summed E-state index contributed by atoms with van der Waals surface area (Å²) in [6, 6.07) is 3.75. The van der Waals surface area contributed by atoms with Gasteiger partial charge in [0, 0.05) is 18.4 Å². The maximum Gasteiger partial charge on any atom is 0.266 e. The van der Waals surface area contributed by atoms with E-state index in [1.165, 1.54) is 12.1 Å². The van der Waals surface area contributed by atoms with Gasteiger partial charge in [0.15, 0.2) is 0 Å². The summed E-state index contributed by atoms with van der Waals surface area (Å²) in [6.07, 6.45) is 4.54. The molecule has 1 nitrogen and oxygen atoms in total. The summed E-state index contributed by atoms with van der Waals surface area (Å²) in [5, 5.41) is 0. The maximum atomic E-state index is 13.1. The first-order valence-electron chi connectivity index (χ1n) is 4.86. The monoisotopic (exact) mass is 225 g/mol. The number of hydrogen-bond donors (Lipinski definition) is 0. The Bertz CT molecular complexity index is 438. The third-order valence-corrected chi connectivity index (χ3v) is 2.36. The van der Waals surface area contributed by atoms with Crippen LogP contribution in [0.2, 0.25) is 0 Å². The van der Waals surface area contributed by atoms with E-state index in [4.69, 9.17) is 0 Å². The first-order chi connectivity index (χ1) is 7.68. The molecule has 0 aliphatic carbocycles. The molecule has 1 aliphatic rings. The van der Waals surface area contributed by atoms with Crippen LogP contribution in [0.15, 0.2) is 42.6 Å². The standard InChI is InChI=1S/C12H10F3N/c13-11-5-4-9(8-10(11)12(14)15)16-6-2-1-3-7-16/h1-6,8,12H,7H2. The van der Waals surface area contributed by atoms with E-state index < -0.39 is 17.8 Å². The Kier molecular flexibility index (Phi) is 2.99. The second-order valence-electron chi connectivity index (χ2n) is 3.43. The number of halogens is 3. The fourth-order valence-corrected chi connectivity index (χ4v) is 1.54. The average Bonchev–Trinajstić information content (AvgIpc) is 2.30. The summed E-state index contributed by atoms with van der Waals surface area (Å²) >= 11 is 0. The van der Waals surface area contributed by atoms with Crippen molar-refractivity contribution in [1.82, 2.24) is 0 Å². The van der Waals surface area contributed by atoms with Crippen molar-refractivity contribution in [1.29, 1.82) is 0 Å². The van der Waals surface area contributed by atoms with Gasteiger partial charge in [-0.05, 0) is 24.3 Å². The molecule has 1 aromatic carbocycles. The largest absolute Gasteiger partial charge is 0.344 e. The maximum absolute atomic E-state index is 13.1. The summed E-state index contributed by atoms with van der Waals surface area (Å²) < 4.78 is 38.0. The zero-order valence-corrected chi connectivity index (χ0v) is 8.41. The normalized spacial score (nSPS) is 14.9. The molecular formula is C12H10F3N. The lowest BCUT2D eigenvalue weighted by Gasteiger charge is -2.21. The van der Waals surface area contributed by atoms with Gasteiger partial charge in [0.1, 0.15) is 5.82 Å². The SMILES string of the molecule is Fc1ccc(N2C=CC=CC2)cc1C(F)F. The van der Waals surface area contributed by atoms with E-state index >= 15 is 0 Å². The average molecular weight is 225 g/mol. The number of alkyl halides is 2. The fraction of sp³-hybridized carbons (Fsp3) is 0.167. The quantitative estimate of drug-likeness (QED) is 0.742. The Morgan fingerprint density at radius 3 is 2.62 bits per heavy atom. The molecule has 0 fully saturated rings. The van der Waals surface area contributed by atoms with E-state index in [0.29, 0.717) is 12.2 Å². The van der Waals surface area contributed by atoms with Gasteiger partial charge in [-0.2, -0.15) is 0 Å². The molecule has 0 amide bonds. The fourth-order valence-electron chi connectivity index (χ4n) is 1.54. The predicted octanol–water partition coefficient (Wildman–Crippen LogP) is 3.65. The van der Waals surface area contributed by atoms with Crippen molar-refractivity contribution in [3.63, 3.8) is 0 Å². The minimum absolute atomic E-state index is 0.555. The molecular weight excluding hydrogens is 215 g/mol. The molecule has 0 radical (unpaired) electrons. The van der Waals surface area contributed by atoms with Gasteiger partial charge in [0.2, 0.25) is 0 Å². The van der Waals surface area contributed by atoms with Crippen LogP contribution in [0.3, 0.4) is 0 Å². The van der Waals surface area contributed by atoms with Crippen LogP contribution in [0, 0.1) is 5.82 Å². The van der Waals surface area contributed by atoms with Crippen molar-refractivity contribution >= 4 is 5.69 Å². The highest BCUT2D eigenvalue weighted by Gasteiger charge is 2.15. The van der Waals surface area contributed by atoms with Crippen LogP contribution in [0.4, 0.5) is 18.9 Å². The lowest BCUT2D eigenvalue weighted by Crippen LogP contribution is -2.17. The van der Waals surface area contributed by atoms with E-state index in [0.717, 1.165) is 6.07 Å². The third-order valence-electron chi connectivity index (χ3n) is 2.36. The smallest absolute Gasteiger partial charge is 0.266 e. The second kappa shape index (κ2) is 4.43. The highest BCUT2D eigenvalue weighted by Crippen LogP contribution is 2.27. The van der Waals surface area contributed by atoms with Crippen LogP contribution in [-0.2, 0) is 0 Å². The van der Waals surface area contributed by atoms with Crippen molar-refractivity contribution in [2.24, 2.45) is 0 Å². The Morgan fingerprint density at radius 1 is 1.19 bits per heavy atom. The van der Waals surface area contributed by atoms with Crippen LogP contribution >= 0.6 is 0 Å². The highest BCUT2D eigenvalue weighted by atomic mass is 19.3. The third kappa shape index (κ3) is 2.10. The van der Waals surface area contributed by atoms with Gasteiger partial charge in [-0.1, -0.05) is 12.2 Å². The number of allylic oxidation sites excluding steroid dienone is 2. The van der Waals surface area contributed by atoms with Crippen molar-refractivity contribution in [2.45, 2.75) is 6.43 Å². The number of anilines is 1. The van der Waals surface area contributed by atoms with Gasteiger partial charge in [-0.3, -0.25) is 0 Å². The molecule has 0 saturated carbocycles. The highest BCUT2D eigenvalue weighted by molar-refractivity contribution is 5.53. The first kappa shape index (κ1) is 10.8. The van der Waals surface area contributed by atoms with Gasteiger partial charge < -0.3 is 4.90 Å². The summed E-state index contributed by atoms with van der Waals surface area (Å²) in [5.74, 6) is -0.865. The molecule has 0 unspecified atom stereocenters. The van der Waals surface area contributed by atoms with Crippen molar-refractivity contribution < 1.29 is 13.2 Å². The minimum Gasteiger partial charge on any atom is -0.344 e. The van der Waals surface area contributed by atoms with Gasteiger partial charge in [0.25, 0.3) is 6.43 Å². The molecule has 84 valence electrons. The molecule has 1 aliphatic heterocycles. The summed E-state index contributed by atoms with van der Waals surface area (Å²) in [5.41, 5.74) is 0.0118. The molecule has 4 heteroatoms. The molecule has 0 bridgehead atoms. The van der Waals surface area contributed by atoms with Crippen molar-refractivity contribution in [3.8, 4) is 0 Å². The molecule has 0 aromatic heterocycles. The second-order valence-corrected chi connectivity index (χ2v) is 3.43. The lowest BCUT2D eigenvalue weighted by molar-refractivity contribution is 0.146. The Hall–Kier alpha value is -1.71. The van der Waals surface area contributed by atoms with Crippen LogP contribution in [0.5, 0.6) is 0 Å². The van der Waals surface area contributed by atoms with Crippen LogP contribution in [0.25, 0.3) is 0 Å². The zero-order chi connectivity index (χ0) is 11.5. The lowest BCUT2D eigenvalue weighted by atomic mass is 10.1. The molecule has 0 saturated heterocycles. The summed E-state index contributed by atoms with van der Waals surface area (Å²) in [7, 11) is 0. The number of rotatable bonds is 2. The van der Waals surface area contributed by atoms with Gasteiger partial charge >= 0.3 is 0 Å². The minimum atomic E-state index is -2.79. The van der Waals surface area contributed by atoms with E-state index in [1.54, 1.807) is 17.2 Å². The topological polar surface area (TPSA) is 3.24 Å². The molecule has 0 N–H and O–H groups in total. The number of hydrogen-bond acceptors (Lipinski definition) is 1. The molecule has 0 spiro atoms. The van der Waals surface area contributed by atoms with Crippen LogP contribution < -0.4 is 4.90 Å². The van der Waals surface area contributed by atoms with Crippen LogP contribution in [-0.4, -0.2) is 6.54 Å². The van der Waals surface area contributed by atoms with E-state index in [9.17, 15) is 13.2 Å². The number of benzene rings is 1. The van der Waals surface area contributed by atoms with Crippen molar-refractivity contribution in [3.05, 3.63) is 54.0 Å². The van der Waals surface area contributed by atoms with E-state index in [-0.39, 0.29) is 0 Å². The Balaban J connectivity index is 2.32. The molecule has 16 heavy (non-hydrogen) atoms. The molecule has 2 rings (SSSR count). The van der Waals surface area contributed by atoms with Crippen LogP contribution in [0.1, 0.15) is 12.0 Å². The molecule has 0 atom stereocenters. The van der Waals surface area contributed by atoms with E-state index in [2.05, 4.69) is 0 Å². The van der Waals surface area contributed by atoms with Crippen molar-refractivity contribution in [2.75, 3.05) is 11.4 Å². The first-order valence-corrected chi connectivity index (χ1v) is 4.86. The molecule has 1 heterocycles. The van der Waals surface area contributed by atoms with Gasteiger partial charge in [0.05, 0.1) is 5.56 Å². The zero-order valence-electron chi connectivity index (χ0n) is 8.41. The summed E-state index contributed by atoms with van der Waals surface area (Å²) in [4.78, 5) is 1.77.